The zero-order valence-electron chi connectivity index (χ0n) is 20.7. The fraction of sp³-hybridized carbons (Fsp3) is 0.600. The van der Waals surface area contributed by atoms with E-state index in [2.05, 4.69) is 0 Å². The van der Waals surface area contributed by atoms with Crippen LogP contribution in [0.3, 0.4) is 0 Å². The molecular formula is C25H34N2O8. The summed E-state index contributed by atoms with van der Waals surface area (Å²) in [4.78, 5) is 51.9. The monoisotopic (exact) mass is 490 g/mol. The van der Waals surface area contributed by atoms with Crippen LogP contribution in [0.5, 0.6) is 11.5 Å². The number of hydrogen-bond acceptors (Lipinski definition) is 7. The van der Waals surface area contributed by atoms with Crippen molar-refractivity contribution in [2.45, 2.75) is 71.1 Å². The summed E-state index contributed by atoms with van der Waals surface area (Å²) in [6, 6.07) is 3.61. The van der Waals surface area contributed by atoms with E-state index in [0.29, 0.717) is 55.8 Å². The Morgan fingerprint density at radius 2 is 1.40 bits per heavy atom. The summed E-state index contributed by atoms with van der Waals surface area (Å²) in [6.07, 6.45) is 2.34. The van der Waals surface area contributed by atoms with Crippen LogP contribution in [0.2, 0.25) is 0 Å². The summed E-state index contributed by atoms with van der Waals surface area (Å²) >= 11 is 0. The SMILES string of the molecule is Cc1c(OCC(=O)N2CCC[C@@H]2C(=O)O)cccc1OCC(=O)N1CCC[C@@H]1C(=O)OC(C)(C)C. The number of hydrogen-bond donors (Lipinski definition) is 1. The summed E-state index contributed by atoms with van der Waals surface area (Å²) in [6.45, 7) is 7.42. The van der Waals surface area contributed by atoms with Gasteiger partial charge in [-0.15, -0.1) is 0 Å². The number of amides is 2. The number of carbonyl (C=O) groups excluding carboxylic acids is 3. The van der Waals surface area contributed by atoms with Crippen LogP contribution in [0.25, 0.3) is 0 Å². The van der Waals surface area contributed by atoms with Crippen molar-refractivity contribution < 1.29 is 38.5 Å². The molecule has 0 unspecified atom stereocenters. The molecule has 0 aromatic heterocycles. The molecule has 2 aliphatic rings. The molecule has 2 amide bonds. The van der Waals surface area contributed by atoms with Crippen LogP contribution in [0.15, 0.2) is 18.2 Å². The lowest BCUT2D eigenvalue weighted by Crippen LogP contribution is -2.45. The molecule has 2 atom stereocenters. The van der Waals surface area contributed by atoms with Crippen molar-refractivity contribution in [1.82, 2.24) is 9.80 Å². The highest BCUT2D eigenvalue weighted by Gasteiger charge is 2.37. The molecule has 35 heavy (non-hydrogen) atoms. The minimum atomic E-state index is -1.01. The maximum atomic E-state index is 12.8. The number of carboxylic acids is 1. The van der Waals surface area contributed by atoms with Crippen molar-refractivity contribution >= 4 is 23.8 Å². The molecule has 2 aliphatic heterocycles. The second-order valence-corrected chi connectivity index (χ2v) is 9.82. The van der Waals surface area contributed by atoms with E-state index in [4.69, 9.17) is 14.2 Å². The molecule has 0 bridgehead atoms. The fourth-order valence-electron chi connectivity index (χ4n) is 4.35. The molecule has 1 N–H and O–H groups in total. The van der Waals surface area contributed by atoms with Crippen molar-refractivity contribution in [3.63, 3.8) is 0 Å². The van der Waals surface area contributed by atoms with E-state index in [-0.39, 0.29) is 19.1 Å². The Morgan fingerprint density at radius 1 is 0.914 bits per heavy atom. The van der Waals surface area contributed by atoms with Gasteiger partial charge in [-0.25, -0.2) is 9.59 Å². The largest absolute Gasteiger partial charge is 0.483 e. The van der Waals surface area contributed by atoms with Gasteiger partial charge in [-0.05, 0) is 65.5 Å². The van der Waals surface area contributed by atoms with Gasteiger partial charge in [-0.2, -0.15) is 0 Å². The second-order valence-electron chi connectivity index (χ2n) is 9.82. The summed E-state index contributed by atoms with van der Waals surface area (Å²) in [5, 5.41) is 9.27. The van der Waals surface area contributed by atoms with Crippen LogP contribution in [0.1, 0.15) is 52.0 Å². The number of carboxylic acid groups (broad SMARTS) is 1. The first kappa shape index (κ1) is 26.3. The molecule has 2 fully saturated rings. The molecule has 0 radical (unpaired) electrons. The predicted octanol–water partition coefficient (Wildman–Crippen LogP) is 2.16. The van der Waals surface area contributed by atoms with Crippen molar-refractivity contribution in [2.75, 3.05) is 26.3 Å². The Hall–Kier alpha value is -3.30. The molecular weight excluding hydrogens is 456 g/mol. The smallest absolute Gasteiger partial charge is 0.329 e. The Labute approximate surface area is 205 Å². The minimum absolute atomic E-state index is 0.253. The molecule has 3 rings (SSSR count). The lowest BCUT2D eigenvalue weighted by Gasteiger charge is -2.27. The standard InChI is InChI=1S/C25H34N2O8/c1-16-19(33-14-21(28)26-12-6-8-17(26)23(30)31)10-5-11-20(16)34-15-22(29)27-13-7-9-18(27)24(32)35-25(2,3)4/h5,10-11,17-18H,6-9,12-15H2,1-4H3,(H,30,31)/t17-,18-/m1/s1. The Kier molecular flexibility index (Phi) is 8.24. The fourth-order valence-corrected chi connectivity index (χ4v) is 4.35. The normalized spacial score (nSPS) is 20.0. The van der Waals surface area contributed by atoms with Crippen LogP contribution in [0.4, 0.5) is 0 Å². The second kappa shape index (κ2) is 11.0. The molecule has 0 saturated carbocycles. The lowest BCUT2D eigenvalue weighted by atomic mass is 10.1. The van der Waals surface area contributed by atoms with Gasteiger partial charge in [0.25, 0.3) is 11.8 Å². The van der Waals surface area contributed by atoms with E-state index in [1.165, 1.54) is 9.80 Å². The average molecular weight is 491 g/mol. The first-order valence-corrected chi connectivity index (χ1v) is 11.9. The van der Waals surface area contributed by atoms with Crippen LogP contribution in [0, 0.1) is 6.92 Å². The lowest BCUT2D eigenvalue weighted by molar-refractivity contribution is -0.163. The molecule has 2 heterocycles. The summed E-state index contributed by atoms with van der Waals surface area (Å²) in [5.74, 6) is -1.31. The summed E-state index contributed by atoms with van der Waals surface area (Å²) in [5.41, 5.74) is -0.0259. The predicted molar refractivity (Wildman–Crippen MR) is 125 cm³/mol. The maximum Gasteiger partial charge on any atom is 0.329 e. The number of ether oxygens (including phenoxy) is 3. The summed E-state index contributed by atoms with van der Waals surface area (Å²) in [7, 11) is 0. The van der Waals surface area contributed by atoms with Crippen LogP contribution >= 0.6 is 0 Å². The summed E-state index contributed by atoms with van der Waals surface area (Å²) < 4.78 is 16.8. The topological polar surface area (TPSA) is 123 Å². The van der Waals surface area contributed by atoms with Crippen molar-refractivity contribution in [2.24, 2.45) is 0 Å². The zero-order chi connectivity index (χ0) is 25.8. The number of benzene rings is 1. The van der Waals surface area contributed by atoms with Gasteiger partial charge >= 0.3 is 11.9 Å². The van der Waals surface area contributed by atoms with E-state index in [1.54, 1.807) is 45.9 Å². The number of carbonyl (C=O) groups is 4. The van der Waals surface area contributed by atoms with Gasteiger partial charge in [0.15, 0.2) is 13.2 Å². The number of rotatable bonds is 8. The molecule has 1 aromatic rings. The highest BCUT2D eigenvalue weighted by Crippen LogP contribution is 2.28. The molecule has 0 aliphatic carbocycles. The van der Waals surface area contributed by atoms with Crippen LogP contribution < -0.4 is 9.47 Å². The highest BCUT2D eigenvalue weighted by molar-refractivity contribution is 5.86. The highest BCUT2D eigenvalue weighted by atomic mass is 16.6. The first-order valence-electron chi connectivity index (χ1n) is 11.9. The molecule has 192 valence electrons. The number of likely N-dealkylation sites (tertiary alicyclic amines) is 2. The van der Waals surface area contributed by atoms with E-state index in [0.717, 1.165) is 0 Å². The third kappa shape index (κ3) is 6.64. The van der Waals surface area contributed by atoms with E-state index in [1.807, 2.05) is 0 Å². The van der Waals surface area contributed by atoms with E-state index < -0.39 is 35.5 Å². The number of aliphatic carboxylic acids is 1. The van der Waals surface area contributed by atoms with Gasteiger partial charge in [0.1, 0.15) is 29.2 Å². The zero-order valence-corrected chi connectivity index (χ0v) is 20.7. The molecule has 10 heteroatoms. The molecule has 1 aromatic carbocycles. The van der Waals surface area contributed by atoms with Crippen LogP contribution in [-0.2, 0) is 23.9 Å². The van der Waals surface area contributed by atoms with Gasteiger partial charge in [-0.3, -0.25) is 9.59 Å². The van der Waals surface area contributed by atoms with Gasteiger partial charge in [-0.1, -0.05) is 6.07 Å². The first-order chi connectivity index (χ1) is 16.5. The third-order valence-corrected chi connectivity index (χ3v) is 6.05. The van der Waals surface area contributed by atoms with Gasteiger partial charge in [0, 0.05) is 18.7 Å². The Bertz CT molecular complexity index is 971. The minimum Gasteiger partial charge on any atom is -0.483 e. The van der Waals surface area contributed by atoms with Crippen molar-refractivity contribution in [3.8, 4) is 11.5 Å². The van der Waals surface area contributed by atoms with Gasteiger partial charge in [0.2, 0.25) is 0 Å². The third-order valence-electron chi connectivity index (χ3n) is 6.05. The number of esters is 1. The van der Waals surface area contributed by atoms with Gasteiger partial charge < -0.3 is 29.1 Å². The molecule has 10 nitrogen and oxygen atoms in total. The van der Waals surface area contributed by atoms with E-state index in [9.17, 15) is 24.3 Å². The quantitative estimate of drug-likeness (QED) is 0.550. The maximum absolute atomic E-state index is 12.8. The molecule has 2 saturated heterocycles. The van der Waals surface area contributed by atoms with Crippen molar-refractivity contribution in [3.05, 3.63) is 23.8 Å². The molecule has 0 spiro atoms. The Morgan fingerprint density at radius 3 is 1.89 bits per heavy atom. The Balaban J connectivity index is 1.57. The van der Waals surface area contributed by atoms with Gasteiger partial charge in [0.05, 0.1) is 0 Å². The van der Waals surface area contributed by atoms with Crippen LogP contribution in [-0.4, -0.2) is 82.6 Å². The van der Waals surface area contributed by atoms with Crippen molar-refractivity contribution in [1.29, 1.82) is 0 Å². The average Bonchev–Trinajstić information content (AvgIpc) is 3.46. The van der Waals surface area contributed by atoms with E-state index >= 15 is 0 Å². The number of nitrogens with zero attached hydrogens (tertiary/aromatic N) is 2.